The summed E-state index contributed by atoms with van der Waals surface area (Å²) >= 11 is 0. The third kappa shape index (κ3) is 25.9. The third-order valence-corrected chi connectivity index (χ3v) is 3.22. The highest BCUT2D eigenvalue weighted by molar-refractivity contribution is 7.45. The fraction of sp³-hybridized carbons (Fsp3) is 0.316. The van der Waals surface area contributed by atoms with E-state index in [-0.39, 0.29) is 0 Å². The van der Waals surface area contributed by atoms with Crippen molar-refractivity contribution in [1.82, 2.24) is 0 Å². The standard InChI is InChI=1S/C19H22O2.2H3O4P/c1-5-15(3)8-7-9-16(4)14-21-19-11-17(6-2)10-18(12-19)13-20;2*1-5(2,3)4/h2,5,9-13H,7-8,14H2,1,3-4H3;2*(H3,1,2,3,4). The Morgan fingerprint density at radius 2 is 1.55 bits per heavy atom. The van der Waals surface area contributed by atoms with Crippen molar-refractivity contribution in [2.75, 3.05) is 6.61 Å². The second kappa shape index (κ2) is 15.7. The molecule has 1 aromatic rings. The van der Waals surface area contributed by atoms with Crippen molar-refractivity contribution in [1.29, 1.82) is 0 Å². The molecule has 10 nitrogen and oxygen atoms in total. The minimum atomic E-state index is -4.64. The van der Waals surface area contributed by atoms with Crippen LogP contribution in [0.1, 0.15) is 49.5 Å². The molecule has 0 aliphatic carbocycles. The number of ether oxygens (including phenoxy) is 1. The van der Waals surface area contributed by atoms with Gasteiger partial charge in [-0.3, -0.25) is 4.79 Å². The summed E-state index contributed by atoms with van der Waals surface area (Å²) in [5.74, 6) is 3.15. The van der Waals surface area contributed by atoms with Gasteiger partial charge in [-0.05, 0) is 57.4 Å². The number of allylic oxidation sites excluding steroid dienone is 3. The Bertz CT molecular complexity index is 851. The first-order valence-corrected chi connectivity index (χ1v) is 11.8. The number of carbonyl (C=O) groups excluding carboxylic acids is 1. The van der Waals surface area contributed by atoms with Gasteiger partial charge in [-0.25, -0.2) is 9.13 Å². The predicted molar refractivity (Wildman–Crippen MR) is 116 cm³/mol. The Balaban J connectivity index is 0. The number of rotatable bonds is 7. The molecule has 0 bridgehead atoms. The van der Waals surface area contributed by atoms with Gasteiger partial charge in [-0.2, -0.15) is 0 Å². The second-order valence-corrected chi connectivity index (χ2v) is 8.15. The molecular formula is C19H28O10P2. The van der Waals surface area contributed by atoms with Crippen molar-refractivity contribution >= 4 is 21.9 Å². The molecule has 0 radical (unpaired) electrons. The first-order chi connectivity index (χ1) is 14.1. The van der Waals surface area contributed by atoms with E-state index in [2.05, 4.69) is 31.9 Å². The van der Waals surface area contributed by atoms with E-state index in [0.29, 0.717) is 23.5 Å². The fourth-order valence-corrected chi connectivity index (χ4v) is 1.80. The Labute approximate surface area is 181 Å². The Kier molecular flexibility index (Phi) is 15.8. The molecule has 0 saturated heterocycles. The Morgan fingerprint density at radius 1 is 1.03 bits per heavy atom. The van der Waals surface area contributed by atoms with Crippen molar-refractivity contribution in [2.24, 2.45) is 0 Å². The van der Waals surface area contributed by atoms with Gasteiger partial charge in [0.25, 0.3) is 0 Å². The molecule has 12 heteroatoms. The molecule has 174 valence electrons. The van der Waals surface area contributed by atoms with Gasteiger partial charge in [0.1, 0.15) is 18.6 Å². The predicted octanol–water partition coefficient (Wildman–Crippen LogP) is 2.69. The van der Waals surface area contributed by atoms with Crippen LogP contribution >= 0.6 is 15.6 Å². The highest BCUT2D eigenvalue weighted by Crippen LogP contribution is 2.26. The molecule has 6 N–H and O–H groups in total. The van der Waals surface area contributed by atoms with Crippen molar-refractivity contribution in [3.63, 3.8) is 0 Å². The fourth-order valence-electron chi connectivity index (χ4n) is 1.80. The molecule has 0 aliphatic rings. The molecule has 0 aromatic heterocycles. The minimum absolute atomic E-state index is 0.501. The molecule has 1 rings (SSSR count). The maximum Gasteiger partial charge on any atom is 0.466 e. The SMILES string of the molecule is C#Cc1cc(C=O)cc(OCC(C)=CCCC(C)=CC)c1.O=P(O)(O)O.O=P(O)(O)O. The van der Waals surface area contributed by atoms with Crippen LogP contribution < -0.4 is 4.74 Å². The first-order valence-electron chi connectivity index (χ1n) is 8.62. The van der Waals surface area contributed by atoms with E-state index in [4.69, 9.17) is 49.7 Å². The van der Waals surface area contributed by atoms with E-state index < -0.39 is 15.6 Å². The summed E-state index contributed by atoms with van der Waals surface area (Å²) in [6.45, 7) is 6.72. The van der Waals surface area contributed by atoms with Gasteiger partial charge in [0.15, 0.2) is 0 Å². The molecule has 1 aromatic carbocycles. The topological polar surface area (TPSA) is 182 Å². The molecule has 0 fully saturated rings. The maximum atomic E-state index is 10.9. The Hall–Kier alpha value is -2.05. The molecular weight excluding hydrogens is 450 g/mol. The number of terminal acetylenes is 1. The van der Waals surface area contributed by atoms with Crippen LogP contribution in [0.4, 0.5) is 0 Å². The van der Waals surface area contributed by atoms with Crippen molar-refractivity contribution < 1.29 is 48.0 Å². The number of carbonyl (C=O) groups is 1. The number of hydrogen-bond donors (Lipinski definition) is 6. The lowest BCUT2D eigenvalue weighted by Gasteiger charge is -2.08. The van der Waals surface area contributed by atoms with Crippen LogP contribution in [0.3, 0.4) is 0 Å². The van der Waals surface area contributed by atoms with Crippen LogP contribution in [0.2, 0.25) is 0 Å². The number of hydrogen-bond acceptors (Lipinski definition) is 4. The van der Waals surface area contributed by atoms with Crippen LogP contribution in [-0.2, 0) is 9.13 Å². The molecule has 0 amide bonds. The zero-order valence-corrected chi connectivity index (χ0v) is 19.2. The zero-order chi connectivity index (χ0) is 24.7. The lowest BCUT2D eigenvalue weighted by atomic mass is 10.1. The van der Waals surface area contributed by atoms with Crippen LogP contribution in [0.15, 0.2) is 41.5 Å². The molecule has 31 heavy (non-hydrogen) atoms. The summed E-state index contributed by atoms with van der Waals surface area (Å²) in [4.78, 5) is 54.0. The van der Waals surface area contributed by atoms with E-state index in [1.54, 1.807) is 18.2 Å². The van der Waals surface area contributed by atoms with Gasteiger partial charge in [0.2, 0.25) is 0 Å². The average molecular weight is 478 g/mol. The number of phosphoric acid groups is 2. The van der Waals surface area contributed by atoms with E-state index in [9.17, 15) is 4.79 Å². The zero-order valence-electron chi connectivity index (χ0n) is 17.4. The highest BCUT2D eigenvalue weighted by atomic mass is 31.2. The quantitative estimate of drug-likeness (QED) is 0.147. The van der Waals surface area contributed by atoms with E-state index in [0.717, 1.165) is 24.7 Å². The summed E-state index contributed by atoms with van der Waals surface area (Å²) in [6, 6.07) is 5.14. The molecule has 0 atom stereocenters. The minimum Gasteiger partial charge on any atom is -0.489 e. The first kappa shape index (κ1) is 31.1. The third-order valence-electron chi connectivity index (χ3n) is 3.22. The lowest BCUT2D eigenvalue weighted by molar-refractivity contribution is 0.112. The van der Waals surface area contributed by atoms with E-state index >= 15 is 0 Å². The normalized spacial score (nSPS) is 11.9. The summed E-state index contributed by atoms with van der Waals surface area (Å²) in [7, 11) is -9.28. The Morgan fingerprint density at radius 3 is 1.97 bits per heavy atom. The summed E-state index contributed by atoms with van der Waals surface area (Å²) in [5, 5.41) is 0. The van der Waals surface area contributed by atoms with Gasteiger partial charge in [0.05, 0.1) is 0 Å². The summed E-state index contributed by atoms with van der Waals surface area (Å²) in [5.41, 5.74) is 3.74. The van der Waals surface area contributed by atoms with Crippen LogP contribution in [0.5, 0.6) is 5.75 Å². The summed E-state index contributed by atoms with van der Waals surface area (Å²) < 4.78 is 23.5. The van der Waals surface area contributed by atoms with E-state index in [1.807, 2.05) is 6.92 Å². The molecule has 0 spiro atoms. The maximum absolute atomic E-state index is 10.9. The molecule has 0 heterocycles. The second-order valence-electron chi connectivity index (χ2n) is 6.09. The van der Waals surface area contributed by atoms with E-state index in [1.165, 1.54) is 5.57 Å². The van der Waals surface area contributed by atoms with Crippen LogP contribution in [0, 0.1) is 12.3 Å². The van der Waals surface area contributed by atoms with Gasteiger partial charge < -0.3 is 34.1 Å². The highest BCUT2D eigenvalue weighted by Gasteiger charge is 2.02. The van der Waals surface area contributed by atoms with Gasteiger partial charge >= 0.3 is 15.6 Å². The number of benzene rings is 1. The van der Waals surface area contributed by atoms with Crippen molar-refractivity contribution in [3.05, 3.63) is 52.6 Å². The molecule has 0 unspecified atom stereocenters. The van der Waals surface area contributed by atoms with Gasteiger partial charge in [-0.15, -0.1) is 6.42 Å². The summed E-state index contributed by atoms with van der Waals surface area (Å²) in [6.07, 6.45) is 12.5. The smallest absolute Gasteiger partial charge is 0.466 e. The number of aldehydes is 1. The lowest BCUT2D eigenvalue weighted by Crippen LogP contribution is -2.00. The molecule has 0 aliphatic heterocycles. The van der Waals surface area contributed by atoms with Crippen molar-refractivity contribution in [2.45, 2.75) is 33.6 Å². The van der Waals surface area contributed by atoms with Crippen LogP contribution in [-0.4, -0.2) is 42.3 Å². The largest absolute Gasteiger partial charge is 0.489 e. The monoisotopic (exact) mass is 478 g/mol. The van der Waals surface area contributed by atoms with Gasteiger partial charge in [0, 0.05) is 11.1 Å². The van der Waals surface area contributed by atoms with Crippen LogP contribution in [0.25, 0.3) is 0 Å². The van der Waals surface area contributed by atoms with Gasteiger partial charge in [-0.1, -0.05) is 23.6 Å². The molecule has 0 saturated carbocycles. The average Bonchev–Trinajstić information content (AvgIpc) is 2.63. The van der Waals surface area contributed by atoms with Crippen molar-refractivity contribution in [3.8, 4) is 18.1 Å².